The number of anilines is 1. The van der Waals surface area contributed by atoms with Gasteiger partial charge in [0.25, 0.3) is 0 Å². The fraction of sp³-hybridized carbons (Fsp3) is 0.0455. The molecule has 0 saturated heterocycles. The Morgan fingerprint density at radius 2 is 1.35 bits per heavy atom. The second-order valence-corrected chi connectivity index (χ2v) is 11.9. The molecule has 0 spiro atoms. The highest BCUT2D eigenvalue weighted by Crippen LogP contribution is 2.34. The quantitative estimate of drug-likeness (QED) is 0.139. The van der Waals surface area contributed by atoms with Crippen molar-refractivity contribution in [3.8, 4) is 45.2 Å². The molecular formula is C44H33NS. The predicted molar refractivity (Wildman–Crippen MR) is 199 cm³/mol. The van der Waals surface area contributed by atoms with Crippen LogP contribution in [0, 0.1) is 11.8 Å². The molecule has 1 N–H and O–H groups in total. The summed E-state index contributed by atoms with van der Waals surface area (Å²) in [5.41, 5.74) is 12.6. The van der Waals surface area contributed by atoms with Crippen LogP contribution < -0.4 is 5.32 Å². The number of benzene rings is 5. The van der Waals surface area contributed by atoms with E-state index in [1.807, 2.05) is 12.1 Å². The Labute approximate surface area is 277 Å². The summed E-state index contributed by atoms with van der Waals surface area (Å²) in [5, 5.41) is 3.51. The first-order valence-corrected chi connectivity index (χ1v) is 16.0. The molecule has 5 aromatic carbocycles. The fourth-order valence-electron chi connectivity index (χ4n) is 5.79. The topological polar surface area (TPSA) is 12.0 Å². The van der Waals surface area contributed by atoms with Gasteiger partial charge in [0.1, 0.15) is 0 Å². The minimum absolute atomic E-state index is 0.0189. The van der Waals surface area contributed by atoms with Crippen LogP contribution in [0.4, 0.5) is 5.69 Å². The average Bonchev–Trinajstić information content (AvgIpc) is 3.53. The van der Waals surface area contributed by atoms with Crippen LogP contribution >= 0.6 is 12.6 Å². The molecule has 0 aliphatic heterocycles. The van der Waals surface area contributed by atoms with Gasteiger partial charge in [-0.15, -0.1) is 12.6 Å². The van der Waals surface area contributed by atoms with Crippen LogP contribution in [0.15, 0.2) is 181 Å². The number of hydrogen-bond acceptors (Lipinski definition) is 2. The second kappa shape index (κ2) is 13.7. The molecular weight excluding hydrogens is 575 g/mol. The molecule has 1 unspecified atom stereocenters. The third-order valence-electron chi connectivity index (χ3n) is 8.30. The summed E-state index contributed by atoms with van der Waals surface area (Å²) in [6.07, 6.45) is 18.1. The Kier molecular flexibility index (Phi) is 8.68. The number of rotatable bonds is 7. The lowest BCUT2D eigenvalue weighted by molar-refractivity contribution is 1.13. The van der Waals surface area contributed by atoms with Crippen molar-refractivity contribution >= 4 is 23.9 Å². The Hall–Kier alpha value is -5.49. The number of hydrogen-bond donors (Lipinski definition) is 2. The minimum atomic E-state index is 0.0189. The van der Waals surface area contributed by atoms with Gasteiger partial charge in [-0.05, 0) is 92.9 Å². The highest BCUT2D eigenvalue weighted by atomic mass is 32.1. The molecule has 1 atom stereocenters. The summed E-state index contributed by atoms with van der Waals surface area (Å²) in [6, 6.07) is 42.9. The van der Waals surface area contributed by atoms with E-state index in [2.05, 4.69) is 175 Å². The van der Waals surface area contributed by atoms with Crippen molar-refractivity contribution in [2.75, 3.05) is 5.32 Å². The van der Waals surface area contributed by atoms with E-state index in [0.29, 0.717) is 0 Å². The highest BCUT2D eigenvalue weighted by Gasteiger charge is 2.11. The maximum atomic E-state index is 4.83. The van der Waals surface area contributed by atoms with E-state index in [1.165, 1.54) is 33.4 Å². The molecule has 0 heterocycles. The summed E-state index contributed by atoms with van der Waals surface area (Å²) >= 11 is 4.83. The van der Waals surface area contributed by atoms with E-state index in [4.69, 9.17) is 12.6 Å². The molecule has 0 aromatic heterocycles. The zero-order chi connectivity index (χ0) is 31.1. The van der Waals surface area contributed by atoms with Crippen LogP contribution in [0.3, 0.4) is 0 Å². The summed E-state index contributed by atoms with van der Waals surface area (Å²) < 4.78 is 0. The van der Waals surface area contributed by atoms with Crippen molar-refractivity contribution in [3.05, 3.63) is 187 Å². The first kappa shape index (κ1) is 29.2. The van der Waals surface area contributed by atoms with Gasteiger partial charge >= 0.3 is 0 Å². The molecule has 0 amide bonds. The van der Waals surface area contributed by atoms with Gasteiger partial charge in [-0.3, -0.25) is 0 Å². The fourth-order valence-corrected chi connectivity index (χ4v) is 6.06. The Morgan fingerprint density at radius 3 is 2.20 bits per heavy atom. The SMILES string of the molecule is Sc1ccc(-c2ccc(C3C#CC=C(Nc4ccc(-c5ccccc5)cc4)C=C3)cc2)cc1-c1cccc(C2=CC=CCC=C2)c1. The summed E-state index contributed by atoms with van der Waals surface area (Å²) in [5.74, 6) is 6.68. The maximum Gasteiger partial charge on any atom is 0.0640 e. The normalized spacial score (nSPS) is 15.2. The molecule has 2 aliphatic rings. The number of nitrogens with one attached hydrogen (secondary N) is 1. The van der Waals surface area contributed by atoms with Gasteiger partial charge in [-0.25, -0.2) is 0 Å². The molecule has 0 radical (unpaired) electrons. The number of thiol groups is 1. The smallest absolute Gasteiger partial charge is 0.0640 e. The van der Waals surface area contributed by atoms with E-state index in [0.717, 1.165) is 39.4 Å². The molecule has 2 heteroatoms. The summed E-state index contributed by atoms with van der Waals surface area (Å²) in [4.78, 5) is 0.964. The van der Waals surface area contributed by atoms with Gasteiger partial charge in [-0.1, -0.05) is 139 Å². The molecule has 220 valence electrons. The molecule has 7 rings (SSSR count). The molecule has 1 nitrogen and oxygen atoms in total. The van der Waals surface area contributed by atoms with Crippen LogP contribution in [-0.2, 0) is 0 Å². The molecule has 0 bridgehead atoms. The third kappa shape index (κ3) is 6.76. The lowest BCUT2D eigenvalue weighted by Gasteiger charge is -2.12. The molecule has 0 fully saturated rings. The predicted octanol–water partition coefficient (Wildman–Crippen LogP) is 11.5. The molecule has 2 aliphatic carbocycles. The van der Waals surface area contributed by atoms with Crippen molar-refractivity contribution in [2.45, 2.75) is 17.2 Å². The van der Waals surface area contributed by atoms with Gasteiger partial charge in [0.05, 0.1) is 5.92 Å². The average molecular weight is 608 g/mol. The van der Waals surface area contributed by atoms with Crippen molar-refractivity contribution in [2.24, 2.45) is 0 Å². The first-order valence-electron chi connectivity index (χ1n) is 15.6. The second-order valence-electron chi connectivity index (χ2n) is 11.4. The van der Waals surface area contributed by atoms with E-state index in [9.17, 15) is 0 Å². The van der Waals surface area contributed by atoms with Gasteiger partial charge < -0.3 is 5.32 Å². The van der Waals surface area contributed by atoms with E-state index in [-0.39, 0.29) is 5.92 Å². The molecule has 5 aromatic rings. The van der Waals surface area contributed by atoms with Gasteiger partial charge in [0.2, 0.25) is 0 Å². The lowest BCUT2D eigenvalue weighted by atomic mass is 9.94. The van der Waals surface area contributed by atoms with Crippen LogP contribution in [-0.4, -0.2) is 0 Å². The van der Waals surface area contributed by atoms with Crippen LogP contribution in [0.2, 0.25) is 0 Å². The maximum absolute atomic E-state index is 4.83. The monoisotopic (exact) mass is 607 g/mol. The van der Waals surface area contributed by atoms with Crippen molar-refractivity contribution in [3.63, 3.8) is 0 Å². The zero-order valence-electron chi connectivity index (χ0n) is 25.4. The van der Waals surface area contributed by atoms with Crippen molar-refractivity contribution < 1.29 is 0 Å². The van der Waals surface area contributed by atoms with Gasteiger partial charge in [0.15, 0.2) is 0 Å². The zero-order valence-corrected chi connectivity index (χ0v) is 26.3. The van der Waals surface area contributed by atoms with Gasteiger partial charge in [0, 0.05) is 22.4 Å². The molecule has 46 heavy (non-hydrogen) atoms. The standard InChI is InChI=1S/C44H33NS/c46-44-29-25-39(31-43(44)40-16-8-15-38(30-40)33-12-4-1-2-5-13-33)37-20-18-35(19-21-37)34-14-9-17-41(26-22-34)45-42-27-23-36(24-28-42)32-10-6-3-7-11-32/h1,3-8,10-13,15-31,34,45-46H,2H2. The van der Waals surface area contributed by atoms with E-state index >= 15 is 0 Å². The number of allylic oxidation sites excluding steroid dienone is 9. The molecule has 0 saturated carbocycles. The van der Waals surface area contributed by atoms with Crippen LogP contribution in [0.25, 0.3) is 39.0 Å². The largest absolute Gasteiger partial charge is 0.355 e. The van der Waals surface area contributed by atoms with E-state index in [1.54, 1.807) is 0 Å². The van der Waals surface area contributed by atoms with Crippen molar-refractivity contribution in [1.82, 2.24) is 0 Å². The Morgan fingerprint density at radius 1 is 0.630 bits per heavy atom. The van der Waals surface area contributed by atoms with Gasteiger partial charge in [-0.2, -0.15) is 0 Å². The lowest BCUT2D eigenvalue weighted by Crippen LogP contribution is -1.97. The Bertz CT molecular complexity index is 2080. The summed E-state index contributed by atoms with van der Waals surface area (Å²) in [6.45, 7) is 0. The minimum Gasteiger partial charge on any atom is -0.355 e. The van der Waals surface area contributed by atoms with Crippen molar-refractivity contribution in [1.29, 1.82) is 0 Å². The Balaban J connectivity index is 1.05. The first-order chi connectivity index (χ1) is 22.7. The third-order valence-corrected chi connectivity index (χ3v) is 8.69. The van der Waals surface area contributed by atoms with Crippen LogP contribution in [0.5, 0.6) is 0 Å². The van der Waals surface area contributed by atoms with E-state index < -0.39 is 0 Å². The highest BCUT2D eigenvalue weighted by molar-refractivity contribution is 7.80. The summed E-state index contributed by atoms with van der Waals surface area (Å²) in [7, 11) is 0. The van der Waals surface area contributed by atoms with Crippen LogP contribution in [0.1, 0.15) is 23.5 Å².